The third-order valence-electron chi connectivity index (χ3n) is 8.36. The van der Waals surface area contributed by atoms with Gasteiger partial charge in [0.05, 0.1) is 17.4 Å². The average molecular weight is 582 g/mol. The largest absolute Gasteiger partial charge is 0.391 e. The molecule has 4 aromatic rings. The monoisotopic (exact) mass is 581 g/mol. The molecule has 1 aliphatic heterocycles. The molecule has 0 unspecified atom stereocenters. The van der Waals surface area contributed by atoms with E-state index in [1.807, 2.05) is 29.5 Å². The van der Waals surface area contributed by atoms with E-state index < -0.39 is 11.9 Å². The Morgan fingerprint density at radius 3 is 2.65 bits per heavy atom. The molecular formula is C34H36FN5O3. The number of fused-ring (bicyclic) bond motifs is 1. The molecule has 1 atom stereocenters. The molecule has 3 N–H and O–H groups in total. The van der Waals surface area contributed by atoms with Crippen LogP contribution in [-0.2, 0) is 6.42 Å². The normalized spacial score (nSPS) is 17.0. The Hall–Kier alpha value is -4.50. The zero-order valence-electron chi connectivity index (χ0n) is 24.4. The summed E-state index contributed by atoms with van der Waals surface area (Å²) in [5.74, 6) is -0.342. The molecule has 2 aromatic carbocycles. The zero-order valence-corrected chi connectivity index (χ0v) is 24.4. The molecule has 0 spiro atoms. The smallest absolute Gasteiger partial charge is 0.321 e. The van der Waals surface area contributed by atoms with E-state index in [1.54, 1.807) is 24.5 Å². The van der Waals surface area contributed by atoms with E-state index in [0.717, 1.165) is 24.8 Å². The van der Waals surface area contributed by atoms with Crippen LogP contribution in [0.1, 0.15) is 66.1 Å². The summed E-state index contributed by atoms with van der Waals surface area (Å²) in [6.07, 6.45) is 8.37. The molecule has 9 heteroatoms. The van der Waals surface area contributed by atoms with Crippen LogP contribution in [0.5, 0.6) is 0 Å². The van der Waals surface area contributed by atoms with Crippen molar-refractivity contribution in [2.45, 2.75) is 51.6 Å². The average Bonchev–Trinajstić information content (AvgIpc) is 3.61. The van der Waals surface area contributed by atoms with Gasteiger partial charge in [-0.15, -0.1) is 0 Å². The summed E-state index contributed by atoms with van der Waals surface area (Å²) >= 11 is 0. The van der Waals surface area contributed by atoms with Crippen LogP contribution in [0.2, 0.25) is 0 Å². The number of amides is 3. The van der Waals surface area contributed by atoms with E-state index in [-0.39, 0.29) is 18.5 Å². The van der Waals surface area contributed by atoms with Crippen molar-refractivity contribution in [2.75, 3.05) is 25.0 Å². The van der Waals surface area contributed by atoms with Crippen molar-refractivity contribution in [3.8, 4) is 11.3 Å². The Bertz CT molecular complexity index is 1720. The molecule has 2 aromatic heterocycles. The molecule has 3 heterocycles. The number of benzene rings is 2. The number of carbonyl (C=O) groups excluding carboxylic acids is 2. The number of allylic oxidation sites excluding steroid dienone is 2. The zero-order chi connectivity index (χ0) is 30.1. The van der Waals surface area contributed by atoms with E-state index in [1.165, 1.54) is 27.7 Å². The maximum Gasteiger partial charge on any atom is 0.321 e. The number of β-amino-alcohol motifs (C(OH)–C–C–N with tert-alkyl or cyclic N) is 1. The highest BCUT2D eigenvalue weighted by atomic mass is 19.1. The van der Waals surface area contributed by atoms with Crippen LogP contribution >= 0.6 is 0 Å². The van der Waals surface area contributed by atoms with Gasteiger partial charge in [0.2, 0.25) is 0 Å². The summed E-state index contributed by atoms with van der Waals surface area (Å²) in [6.45, 7) is 5.34. The molecule has 1 saturated carbocycles. The van der Waals surface area contributed by atoms with Gasteiger partial charge in [0.1, 0.15) is 11.5 Å². The predicted molar refractivity (Wildman–Crippen MR) is 166 cm³/mol. The number of hydrogen-bond acceptors (Lipinski definition) is 4. The lowest BCUT2D eigenvalue weighted by atomic mass is 9.98. The van der Waals surface area contributed by atoms with Gasteiger partial charge in [0.25, 0.3) is 5.91 Å². The van der Waals surface area contributed by atoms with Crippen LogP contribution in [0.3, 0.4) is 0 Å². The second-order valence-electron chi connectivity index (χ2n) is 11.5. The molecule has 2 fully saturated rings. The summed E-state index contributed by atoms with van der Waals surface area (Å²) in [5, 5.41) is 15.5. The van der Waals surface area contributed by atoms with Gasteiger partial charge in [-0.25, -0.2) is 14.2 Å². The molecule has 1 aliphatic carbocycles. The second kappa shape index (κ2) is 12.0. The lowest BCUT2D eigenvalue weighted by Crippen LogP contribution is -2.33. The first-order valence-electron chi connectivity index (χ1n) is 14.9. The Labute approximate surface area is 250 Å². The molecular weight excluding hydrogens is 545 g/mol. The van der Waals surface area contributed by atoms with Crippen molar-refractivity contribution < 1.29 is 19.1 Å². The number of likely N-dealkylation sites (tertiary alicyclic amines) is 1. The lowest BCUT2D eigenvalue weighted by molar-refractivity contribution is 0.0953. The van der Waals surface area contributed by atoms with Crippen LogP contribution in [0.25, 0.3) is 22.5 Å². The highest BCUT2D eigenvalue weighted by Crippen LogP contribution is 2.42. The van der Waals surface area contributed by atoms with Crippen LogP contribution in [0.15, 0.2) is 67.0 Å². The van der Waals surface area contributed by atoms with Crippen LogP contribution in [-0.4, -0.2) is 57.1 Å². The number of rotatable bonds is 8. The molecule has 8 nitrogen and oxygen atoms in total. The number of imidazole rings is 1. The molecule has 2 aliphatic rings. The molecule has 6 rings (SSSR count). The number of nitrogens with one attached hydrogen (secondary N) is 2. The number of nitrogens with zero attached hydrogens (tertiary/aromatic N) is 3. The minimum atomic E-state index is -0.526. The van der Waals surface area contributed by atoms with E-state index >= 15 is 4.39 Å². The summed E-state index contributed by atoms with van der Waals surface area (Å²) < 4.78 is 17.1. The van der Waals surface area contributed by atoms with E-state index in [2.05, 4.69) is 35.8 Å². The van der Waals surface area contributed by atoms with Gasteiger partial charge in [0, 0.05) is 43.3 Å². The van der Waals surface area contributed by atoms with Crippen molar-refractivity contribution in [1.82, 2.24) is 19.6 Å². The first-order valence-corrected chi connectivity index (χ1v) is 14.9. The number of aliphatic hydroxyl groups is 1. The maximum atomic E-state index is 15.3. The Morgan fingerprint density at radius 2 is 1.93 bits per heavy atom. The minimum absolute atomic E-state index is 0.156. The number of anilines is 1. The number of urea groups is 1. The standard InChI is InChI=1S/C34H36FN5O3/c1-3-21(2)27-7-5-4-6-22(27)12-14-36-33(42)24-16-29(23-8-9-23)32-38-31(20-40(32)18-24)28-11-10-25(17-30(28)35)37-34(43)39-15-13-26(41)19-39/h3-7,10-11,16-18,20,23,26,41H,8-9,12-15,19H2,1-2H3,(H,36,42)(H,37,43)/b21-3-/t26-/m1/s1. The Morgan fingerprint density at radius 1 is 1.12 bits per heavy atom. The maximum absolute atomic E-state index is 15.3. The van der Waals surface area contributed by atoms with Gasteiger partial charge >= 0.3 is 6.03 Å². The summed E-state index contributed by atoms with van der Waals surface area (Å²) in [4.78, 5) is 32.0. The molecule has 43 heavy (non-hydrogen) atoms. The first-order chi connectivity index (χ1) is 20.8. The van der Waals surface area contributed by atoms with E-state index in [4.69, 9.17) is 4.98 Å². The van der Waals surface area contributed by atoms with Gasteiger partial charge < -0.3 is 25.0 Å². The van der Waals surface area contributed by atoms with Crippen molar-refractivity contribution in [2.24, 2.45) is 0 Å². The first kappa shape index (κ1) is 28.6. The Balaban J connectivity index is 1.19. The number of carbonyl (C=O) groups is 2. The topological polar surface area (TPSA) is 99.0 Å². The quantitative estimate of drug-likeness (QED) is 0.237. The minimum Gasteiger partial charge on any atom is -0.391 e. The fraction of sp³-hybridized carbons (Fsp3) is 0.324. The number of pyridine rings is 1. The van der Waals surface area contributed by atoms with Crippen LogP contribution in [0.4, 0.5) is 14.9 Å². The van der Waals surface area contributed by atoms with Gasteiger partial charge in [-0.05, 0) is 92.0 Å². The second-order valence-corrected chi connectivity index (χ2v) is 11.5. The van der Waals surface area contributed by atoms with Gasteiger partial charge in [0.15, 0.2) is 0 Å². The highest BCUT2D eigenvalue weighted by molar-refractivity contribution is 5.95. The molecule has 3 amide bonds. The van der Waals surface area contributed by atoms with E-state index in [0.29, 0.717) is 53.6 Å². The SMILES string of the molecule is C/C=C(/C)c1ccccc1CCNC(=O)c1cc(C2CC2)c2nc(-c3ccc(NC(=O)N4CC[C@@H](O)C4)cc3F)cn2c1. The van der Waals surface area contributed by atoms with Crippen LogP contribution < -0.4 is 10.6 Å². The third-order valence-corrected chi connectivity index (χ3v) is 8.36. The molecule has 1 saturated heterocycles. The van der Waals surface area contributed by atoms with Gasteiger partial charge in [-0.2, -0.15) is 0 Å². The summed E-state index contributed by atoms with van der Waals surface area (Å²) in [7, 11) is 0. The molecule has 222 valence electrons. The van der Waals surface area contributed by atoms with Crippen molar-refractivity contribution in [3.05, 3.63) is 95.1 Å². The number of aromatic nitrogens is 2. The number of halogens is 1. The highest BCUT2D eigenvalue weighted by Gasteiger charge is 2.29. The van der Waals surface area contributed by atoms with E-state index in [9.17, 15) is 14.7 Å². The number of aliphatic hydroxyl groups excluding tert-OH is 1. The van der Waals surface area contributed by atoms with Crippen molar-refractivity contribution in [1.29, 1.82) is 0 Å². The fourth-order valence-electron chi connectivity index (χ4n) is 5.69. The van der Waals surface area contributed by atoms with Crippen molar-refractivity contribution >= 4 is 28.8 Å². The molecule has 0 bridgehead atoms. The molecule has 0 radical (unpaired) electrons. The van der Waals surface area contributed by atoms with Gasteiger partial charge in [-0.3, -0.25) is 4.79 Å². The number of hydrogen-bond donors (Lipinski definition) is 3. The lowest BCUT2D eigenvalue weighted by Gasteiger charge is -2.16. The summed E-state index contributed by atoms with van der Waals surface area (Å²) in [6, 6.07) is 14.3. The fourth-order valence-corrected chi connectivity index (χ4v) is 5.69. The van der Waals surface area contributed by atoms with Crippen LogP contribution in [0, 0.1) is 5.82 Å². The predicted octanol–water partition coefficient (Wildman–Crippen LogP) is 6.01. The third kappa shape index (κ3) is 6.17. The van der Waals surface area contributed by atoms with Gasteiger partial charge in [-0.1, -0.05) is 30.3 Å². The summed E-state index contributed by atoms with van der Waals surface area (Å²) in [5.41, 5.74) is 6.93. The van der Waals surface area contributed by atoms with Crippen molar-refractivity contribution in [3.63, 3.8) is 0 Å². The Kier molecular flexibility index (Phi) is 7.99.